The molecule has 3 rings (SSSR count). The third kappa shape index (κ3) is 1.97. The maximum atomic E-state index is 5.90. The Kier molecular flexibility index (Phi) is 2.45. The van der Waals surface area contributed by atoms with Crippen molar-refractivity contribution in [3.05, 3.63) is 47.4 Å². The summed E-state index contributed by atoms with van der Waals surface area (Å²) < 4.78 is 0. The van der Waals surface area contributed by atoms with Crippen LogP contribution in [0.5, 0.6) is 0 Å². The predicted molar refractivity (Wildman–Crippen MR) is 68.9 cm³/mol. The van der Waals surface area contributed by atoms with Crippen LogP contribution in [0.3, 0.4) is 0 Å². The van der Waals surface area contributed by atoms with Crippen molar-refractivity contribution < 1.29 is 0 Å². The van der Waals surface area contributed by atoms with Gasteiger partial charge in [0.2, 0.25) is 0 Å². The Balaban J connectivity index is 2.01. The minimum atomic E-state index is 0.551. The summed E-state index contributed by atoms with van der Waals surface area (Å²) in [5.74, 6) is 1.29. The third-order valence-corrected chi connectivity index (χ3v) is 3.29. The maximum Gasteiger partial charge on any atom is 0.136 e. The summed E-state index contributed by atoms with van der Waals surface area (Å²) in [5.41, 5.74) is 6.98. The van der Waals surface area contributed by atoms with Crippen molar-refractivity contribution in [3.63, 3.8) is 0 Å². The fourth-order valence-corrected chi connectivity index (χ4v) is 2.48. The van der Waals surface area contributed by atoms with E-state index in [9.17, 15) is 0 Å². The van der Waals surface area contributed by atoms with Crippen LogP contribution in [0.2, 0.25) is 0 Å². The number of hydrogen-bond donors (Lipinski definition) is 1. The van der Waals surface area contributed by atoms with Gasteiger partial charge in [0.1, 0.15) is 16.5 Å². The zero-order valence-electron chi connectivity index (χ0n) is 9.00. The molecule has 0 fully saturated rings. The quantitative estimate of drug-likeness (QED) is 0.748. The summed E-state index contributed by atoms with van der Waals surface area (Å²) in [6.07, 6.45) is 4.23. The molecule has 0 atom stereocenters. The van der Waals surface area contributed by atoms with E-state index in [1.807, 2.05) is 29.8 Å². The van der Waals surface area contributed by atoms with E-state index in [-0.39, 0.29) is 0 Å². The minimum Gasteiger partial charge on any atom is -0.383 e. The van der Waals surface area contributed by atoms with Crippen molar-refractivity contribution in [1.82, 2.24) is 15.0 Å². The molecule has 0 radical (unpaired) electrons. The molecule has 0 aliphatic carbocycles. The largest absolute Gasteiger partial charge is 0.383 e. The Morgan fingerprint density at radius 1 is 1.24 bits per heavy atom. The van der Waals surface area contributed by atoms with Gasteiger partial charge in [-0.25, -0.2) is 9.97 Å². The number of rotatable bonds is 2. The van der Waals surface area contributed by atoms with Crippen LogP contribution in [-0.2, 0) is 6.42 Å². The van der Waals surface area contributed by atoms with Gasteiger partial charge in [-0.05, 0) is 23.1 Å². The Labute approximate surface area is 102 Å². The zero-order valence-corrected chi connectivity index (χ0v) is 9.81. The predicted octanol–water partition coefficient (Wildman–Crippen LogP) is 2.26. The van der Waals surface area contributed by atoms with E-state index in [2.05, 4.69) is 15.0 Å². The average Bonchev–Trinajstić information content (AvgIpc) is 2.79. The van der Waals surface area contributed by atoms with Gasteiger partial charge in [-0.3, -0.25) is 4.98 Å². The van der Waals surface area contributed by atoms with E-state index < -0.39 is 0 Å². The van der Waals surface area contributed by atoms with Crippen LogP contribution in [0.15, 0.2) is 36.0 Å². The van der Waals surface area contributed by atoms with Gasteiger partial charge in [-0.15, -0.1) is 11.3 Å². The lowest BCUT2D eigenvalue weighted by Crippen LogP contribution is -2.00. The molecule has 0 saturated heterocycles. The number of anilines is 1. The van der Waals surface area contributed by atoms with Crippen molar-refractivity contribution in [2.45, 2.75) is 6.42 Å². The van der Waals surface area contributed by atoms with Crippen LogP contribution in [0.4, 0.5) is 5.82 Å². The Bertz CT molecular complexity index is 648. The van der Waals surface area contributed by atoms with Crippen LogP contribution < -0.4 is 5.73 Å². The van der Waals surface area contributed by atoms with Gasteiger partial charge >= 0.3 is 0 Å². The molecule has 0 bridgehead atoms. The first-order chi connectivity index (χ1) is 8.33. The molecule has 0 spiro atoms. The lowest BCUT2D eigenvalue weighted by molar-refractivity contribution is 0.992. The summed E-state index contributed by atoms with van der Waals surface area (Å²) in [6.45, 7) is 0. The monoisotopic (exact) mass is 242 g/mol. The van der Waals surface area contributed by atoms with E-state index >= 15 is 0 Å². The smallest absolute Gasteiger partial charge is 0.136 e. The van der Waals surface area contributed by atoms with Gasteiger partial charge in [0, 0.05) is 18.8 Å². The van der Waals surface area contributed by atoms with Gasteiger partial charge in [0.25, 0.3) is 0 Å². The van der Waals surface area contributed by atoms with Crippen LogP contribution in [0.25, 0.3) is 10.2 Å². The van der Waals surface area contributed by atoms with Crippen molar-refractivity contribution in [2.24, 2.45) is 0 Å². The summed E-state index contributed by atoms with van der Waals surface area (Å²) >= 11 is 1.58. The molecule has 3 heterocycles. The number of thiophene rings is 1. The van der Waals surface area contributed by atoms with Gasteiger partial charge in [0.15, 0.2) is 0 Å². The second-order valence-electron chi connectivity index (χ2n) is 3.70. The first-order valence-electron chi connectivity index (χ1n) is 5.21. The molecule has 0 aliphatic heterocycles. The molecule has 84 valence electrons. The van der Waals surface area contributed by atoms with Crippen molar-refractivity contribution in [3.8, 4) is 0 Å². The number of aromatic nitrogens is 3. The van der Waals surface area contributed by atoms with Gasteiger partial charge in [-0.2, -0.15) is 0 Å². The SMILES string of the molecule is Nc1nc(Cc2cccnc2)nc2sccc12. The van der Waals surface area contributed by atoms with Crippen molar-refractivity contribution in [2.75, 3.05) is 5.73 Å². The molecule has 17 heavy (non-hydrogen) atoms. The highest BCUT2D eigenvalue weighted by molar-refractivity contribution is 7.16. The molecule has 0 aromatic carbocycles. The third-order valence-electron chi connectivity index (χ3n) is 2.49. The minimum absolute atomic E-state index is 0.551. The molecule has 4 nitrogen and oxygen atoms in total. The first-order valence-corrected chi connectivity index (χ1v) is 6.09. The molecule has 0 aliphatic rings. The van der Waals surface area contributed by atoms with E-state index in [1.165, 1.54) is 0 Å². The second kappa shape index (κ2) is 4.10. The molecule has 0 unspecified atom stereocenters. The first kappa shape index (κ1) is 10.2. The van der Waals surface area contributed by atoms with E-state index in [0.717, 1.165) is 21.6 Å². The van der Waals surface area contributed by atoms with E-state index in [1.54, 1.807) is 17.5 Å². The van der Waals surface area contributed by atoms with Crippen LogP contribution >= 0.6 is 11.3 Å². The molecule has 0 saturated carbocycles. The van der Waals surface area contributed by atoms with Crippen molar-refractivity contribution in [1.29, 1.82) is 0 Å². The summed E-state index contributed by atoms with van der Waals surface area (Å²) in [4.78, 5) is 13.8. The fourth-order valence-electron chi connectivity index (χ4n) is 1.69. The van der Waals surface area contributed by atoms with E-state index in [0.29, 0.717) is 12.2 Å². The lowest BCUT2D eigenvalue weighted by Gasteiger charge is -2.02. The fraction of sp³-hybridized carbons (Fsp3) is 0.0833. The number of nitrogen functional groups attached to an aromatic ring is 1. The van der Waals surface area contributed by atoms with Gasteiger partial charge in [-0.1, -0.05) is 6.07 Å². The summed E-state index contributed by atoms with van der Waals surface area (Å²) in [5, 5.41) is 2.91. The van der Waals surface area contributed by atoms with Crippen LogP contribution in [0.1, 0.15) is 11.4 Å². The lowest BCUT2D eigenvalue weighted by atomic mass is 10.2. The molecular formula is C12H10N4S. The molecule has 2 N–H and O–H groups in total. The Morgan fingerprint density at radius 3 is 3.00 bits per heavy atom. The molecular weight excluding hydrogens is 232 g/mol. The number of hydrogen-bond acceptors (Lipinski definition) is 5. The van der Waals surface area contributed by atoms with E-state index in [4.69, 9.17) is 5.73 Å². The number of pyridine rings is 1. The zero-order chi connectivity index (χ0) is 11.7. The Hall–Kier alpha value is -2.01. The van der Waals surface area contributed by atoms with Gasteiger partial charge in [0.05, 0.1) is 5.39 Å². The van der Waals surface area contributed by atoms with Crippen LogP contribution in [0, 0.1) is 0 Å². The topological polar surface area (TPSA) is 64.7 Å². The highest BCUT2D eigenvalue weighted by Crippen LogP contribution is 2.23. The normalized spacial score (nSPS) is 10.8. The highest BCUT2D eigenvalue weighted by Gasteiger charge is 2.06. The molecule has 0 amide bonds. The summed E-state index contributed by atoms with van der Waals surface area (Å²) in [6, 6.07) is 5.86. The number of fused-ring (bicyclic) bond motifs is 1. The highest BCUT2D eigenvalue weighted by atomic mass is 32.1. The maximum absolute atomic E-state index is 5.90. The summed E-state index contributed by atoms with van der Waals surface area (Å²) in [7, 11) is 0. The molecule has 5 heteroatoms. The standard InChI is InChI=1S/C12H10N4S/c13-11-9-3-5-17-12(9)16-10(15-11)6-8-2-1-4-14-7-8/h1-5,7H,6H2,(H2,13,15,16). The van der Waals surface area contributed by atoms with Crippen molar-refractivity contribution >= 4 is 27.4 Å². The number of nitrogens with zero attached hydrogens (tertiary/aromatic N) is 3. The van der Waals surface area contributed by atoms with Crippen LogP contribution in [-0.4, -0.2) is 15.0 Å². The van der Waals surface area contributed by atoms with Gasteiger partial charge < -0.3 is 5.73 Å². The number of nitrogens with two attached hydrogens (primary N) is 1. The average molecular weight is 242 g/mol. The second-order valence-corrected chi connectivity index (χ2v) is 4.60. The Morgan fingerprint density at radius 2 is 2.18 bits per heavy atom. The molecule has 3 aromatic rings. The molecule has 3 aromatic heterocycles.